The number of anilines is 1. The molecule has 2 amide bonds. The van der Waals surface area contributed by atoms with Crippen LogP contribution >= 0.6 is 0 Å². The number of primary sulfonamides is 1. The molecule has 0 spiro atoms. The van der Waals surface area contributed by atoms with Crippen LogP contribution in [0.3, 0.4) is 0 Å². The first-order valence-corrected chi connectivity index (χ1v) is 9.87. The SMILES string of the molecule is Nc1cccc(C(=O)N2CCN(C(=O)c3ccc(S(N)(=O)=O)cc3)CC2)c1. The number of benzene rings is 2. The summed E-state index contributed by atoms with van der Waals surface area (Å²) in [6.07, 6.45) is 0. The van der Waals surface area contributed by atoms with E-state index in [4.69, 9.17) is 10.9 Å². The van der Waals surface area contributed by atoms with Crippen molar-refractivity contribution in [1.29, 1.82) is 0 Å². The van der Waals surface area contributed by atoms with Gasteiger partial charge in [-0.15, -0.1) is 0 Å². The molecule has 27 heavy (non-hydrogen) atoms. The van der Waals surface area contributed by atoms with E-state index < -0.39 is 10.0 Å². The fraction of sp³-hybridized carbons (Fsp3) is 0.222. The number of nitrogens with zero attached hydrogens (tertiary/aromatic N) is 2. The molecule has 0 bridgehead atoms. The van der Waals surface area contributed by atoms with Crippen molar-refractivity contribution in [2.24, 2.45) is 5.14 Å². The average Bonchev–Trinajstić information content (AvgIpc) is 2.66. The van der Waals surface area contributed by atoms with Crippen LogP contribution < -0.4 is 10.9 Å². The lowest BCUT2D eigenvalue weighted by Gasteiger charge is -2.35. The third kappa shape index (κ3) is 4.26. The largest absolute Gasteiger partial charge is 0.399 e. The highest BCUT2D eigenvalue weighted by molar-refractivity contribution is 7.89. The first kappa shape index (κ1) is 18.9. The minimum Gasteiger partial charge on any atom is -0.399 e. The summed E-state index contributed by atoms with van der Waals surface area (Å²) in [5.41, 5.74) is 7.14. The Morgan fingerprint density at radius 2 is 1.33 bits per heavy atom. The molecular weight excluding hydrogens is 368 g/mol. The topological polar surface area (TPSA) is 127 Å². The Labute approximate surface area is 157 Å². The lowest BCUT2D eigenvalue weighted by molar-refractivity contribution is 0.0535. The number of rotatable bonds is 3. The van der Waals surface area contributed by atoms with Crippen LogP contribution in [-0.2, 0) is 10.0 Å². The fourth-order valence-electron chi connectivity index (χ4n) is 2.94. The van der Waals surface area contributed by atoms with Gasteiger partial charge in [-0.1, -0.05) is 6.07 Å². The van der Waals surface area contributed by atoms with Crippen molar-refractivity contribution in [3.8, 4) is 0 Å². The van der Waals surface area contributed by atoms with Crippen LogP contribution in [0.5, 0.6) is 0 Å². The molecule has 0 aromatic heterocycles. The van der Waals surface area contributed by atoms with E-state index in [1.165, 1.54) is 24.3 Å². The van der Waals surface area contributed by atoms with Crippen molar-refractivity contribution in [2.75, 3.05) is 31.9 Å². The van der Waals surface area contributed by atoms with Gasteiger partial charge in [-0.25, -0.2) is 13.6 Å². The Hall–Kier alpha value is -2.91. The van der Waals surface area contributed by atoms with E-state index in [1.807, 2.05) is 0 Å². The van der Waals surface area contributed by atoms with Gasteiger partial charge in [0.25, 0.3) is 11.8 Å². The second-order valence-corrected chi connectivity index (χ2v) is 7.84. The molecule has 1 aliphatic heterocycles. The molecule has 4 N–H and O–H groups in total. The molecular formula is C18H20N4O4S. The Morgan fingerprint density at radius 3 is 1.81 bits per heavy atom. The fourth-order valence-corrected chi connectivity index (χ4v) is 3.45. The maximum Gasteiger partial charge on any atom is 0.254 e. The molecule has 0 radical (unpaired) electrons. The molecule has 3 rings (SSSR count). The van der Waals surface area contributed by atoms with Gasteiger partial charge in [-0.2, -0.15) is 0 Å². The molecule has 1 aliphatic rings. The van der Waals surface area contributed by atoms with Crippen LogP contribution in [0.4, 0.5) is 5.69 Å². The molecule has 2 aromatic rings. The Kier molecular flexibility index (Phi) is 5.15. The molecule has 2 aromatic carbocycles. The average molecular weight is 388 g/mol. The third-order valence-electron chi connectivity index (χ3n) is 4.42. The minimum absolute atomic E-state index is 0.0448. The van der Waals surface area contributed by atoms with Crippen molar-refractivity contribution >= 4 is 27.5 Å². The van der Waals surface area contributed by atoms with E-state index in [0.717, 1.165) is 0 Å². The maximum atomic E-state index is 12.6. The minimum atomic E-state index is -3.79. The normalized spacial score (nSPS) is 14.9. The quantitative estimate of drug-likeness (QED) is 0.741. The summed E-state index contributed by atoms with van der Waals surface area (Å²) in [4.78, 5) is 28.4. The summed E-state index contributed by atoms with van der Waals surface area (Å²) in [5.74, 6) is -0.334. The summed E-state index contributed by atoms with van der Waals surface area (Å²) in [6, 6.07) is 12.3. The van der Waals surface area contributed by atoms with Crippen molar-refractivity contribution in [1.82, 2.24) is 9.80 Å². The first-order chi connectivity index (χ1) is 12.8. The first-order valence-electron chi connectivity index (χ1n) is 8.32. The highest BCUT2D eigenvalue weighted by Crippen LogP contribution is 2.15. The van der Waals surface area contributed by atoms with Crippen LogP contribution in [-0.4, -0.2) is 56.2 Å². The molecule has 0 saturated carbocycles. The van der Waals surface area contributed by atoms with Gasteiger partial charge in [0.05, 0.1) is 4.90 Å². The number of hydrogen-bond acceptors (Lipinski definition) is 5. The van der Waals surface area contributed by atoms with Gasteiger partial charge >= 0.3 is 0 Å². The summed E-state index contributed by atoms with van der Waals surface area (Å²) < 4.78 is 22.6. The van der Waals surface area contributed by atoms with E-state index in [0.29, 0.717) is 43.0 Å². The number of carbonyl (C=O) groups excluding carboxylic acids is 2. The lowest BCUT2D eigenvalue weighted by atomic mass is 10.1. The Bertz CT molecular complexity index is 965. The molecule has 1 heterocycles. The third-order valence-corrected chi connectivity index (χ3v) is 5.35. The monoisotopic (exact) mass is 388 g/mol. The van der Waals surface area contributed by atoms with Crippen LogP contribution in [0.15, 0.2) is 53.4 Å². The van der Waals surface area contributed by atoms with Crippen LogP contribution in [0, 0.1) is 0 Å². The maximum absolute atomic E-state index is 12.6. The number of piperazine rings is 1. The molecule has 8 nitrogen and oxygen atoms in total. The predicted octanol–water partition coefficient (Wildman–Crippen LogP) is 0.514. The van der Waals surface area contributed by atoms with Crippen molar-refractivity contribution in [3.05, 3.63) is 59.7 Å². The number of carbonyl (C=O) groups is 2. The number of nitrogen functional groups attached to an aromatic ring is 1. The summed E-state index contributed by atoms with van der Waals surface area (Å²) in [5, 5.41) is 5.06. The molecule has 1 fully saturated rings. The summed E-state index contributed by atoms with van der Waals surface area (Å²) >= 11 is 0. The molecule has 1 saturated heterocycles. The van der Waals surface area contributed by atoms with E-state index in [9.17, 15) is 18.0 Å². The summed E-state index contributed by atoms with van der Waals surface area (Å²) in [6.45, 7) is 1.61. The van der Waals surface area contributed by atoms with Gasteiger partial charge in [0.2, 0.25) is 10.0 Å². The highest BCUT2D eigenvalue weighted by atomic mass is 32.2. The Morgan fingerprint density at radius 1 is 0.815 bits per heavy atom. The van der Waals surface area contributed by atoms with Crippen molar-refractivity contribution in [2.45, 2.75) is 4.90 Å². The molecule has 9 heteroatoms. The molecule has 0 atom stereocenters. The van der Waals surface area contributed by atoms with Gasteiger partial charge in [-0.3, -0.25) is 9.59 Å². The lowest BCUT2D eigenvalue weighted by Crippen LogP contribution is -2.50. The van der Waals surface area contributed by atoms with Crippen LogP contribution in [0.1, 0.15) is 20.7 Å². The zero-order valence-corrected chi connectivity index (χ0v) is 15.4. The summed E-state index contributed by atoms with van der Waals surface area (Å²) in [7, 11) is -3.79. The van der Waals surface area contributed by atoms with E-state index in [-0.39, 0.29) is 16.7 Å². The van der Waals surface area contributed by atoms with E-state index in [2.05, 4.69) is 0 Å². The van der Waals surface area contributed by atoms with E-state index >= 15 is 0 Å². The number of amides is 2. The second kappa shape index (κ2) is 7.37. The molecule has 0 unspecified atom stereocenters. The highest BCUT2D eigenvalue weighted by Gasteiger charge is 2.25. The van der Waals surface area contributed by atoms with Crippen LogP contribution in [0.25, 0.3) is 0 Å². The van der Waals surface area contributed by atoms with Gasteiger partial charge < -0.3 is 15.5 Å². The van der Waals surface area contributed by atoms with Gasteiger partial charge in [0.15, 0.2) is 0 Å². The second-order valence-electron chi connectivity index (χ2n) is 6.28. The van der Waals surface area contributed by atoms with Crippen molar-refractivity contribution < 1.29 is 18.0 Å². The number of hydrogen-bond donors (Lipinski definition) is 2. The smallest absolute Gasteiger partial charge is 0.254 e. The standard InChI is InChI=1S/C18H20N4O4S/c19-15-3-1-2-14(12-15)18(24)22-10-8-21(9-11-22)17(23)13-4-6-16(7-5-13)27(20,25)26/h1-7,12H,8-11,19H2,(H2,20,25,26). The number of sulfonamides is 1. The molecule has 0 aliphatic carbocycles. The van der Waals surface area contributed by atoms with Gasteiger partial charge in [-0.05, 0) is 42.5 Å². The van der Waals surface area contributed by atoms with Gasteiger partial charge in [0, 0.05) is 43.0 Å². The molecule has 142 valence electrons. The zero-order valence-electron chi connectivity index (χ0n) is 14.5. The predicted molar refractivity (Wildman–Crippen MR) is 100 cm³/mol. The van der Waals surface area contributed by atoms with E-state index in [1.54, 1.807) is 34.1 Å². The zero-order chi connectivity index (χ0) is 19.6. The van der Waals surface area contributed by atoms with Crippen LogP contribution in [0.2, 0.25) is 0 Å². The van der Waals surface area contributed by atoms with Crippen molar-refractivity contribution in [3.63, 3.8) is 0 Å². The Balaban J connectivity index is 1.63. The number of nitrogens with two attached hydrogens (primary N) is 2. The van der Waals surface area contributed by atoms with Gasteiger partial charge in [0.1, 0.15) is 0 Å².